The number of aliphatic hydroxyl groups excluding tert-OH is 1. The molecule has 1 spiro atoms. The molecule has 1 aliphatic heterocycles. The van der Waals surface area contributed by atoms with Crippen LogP contribution in [0.25, 0.3) is 0 Å². The molecule has 1 aliphatic carbocycles. The minimum absolute atomic E-state index is 0.0550. The first-order valence-corrected chi connectivity index (χ1v) is 7.44. The number of amides is 1. The van der Waals surface area contributed by atoms with Crippen molar-refractivity contribution in [2.75, 3.05) is 26.2 Å². The Labute approximate surface area is 125 Å². The summed E-state index contributed by atoms with van der Waals surface area (Å²) in [5, 5.41) is 19.9. The van der Waals surface area contributed by atoms with Gasteiger partial charge in [-0.25, -0.2) is 0 Å². The van der Waals surface area contributed by atoms with Gasteiger partial charge in [0.2, 0.25) is 5.91 Å². The van der Waals surface area contributed by atoms with Crippen LogP contribution in [0.3, 0.4) is 0 Å². The zero-order valence-corrected chi connectivity index (χ0v) is 12.5. The average Bonchev–Trinajstić information content (AvgIpc) is 2.78. The van der Waals surface area contributed by atoms with Crippen molar-refractivity contribution < 1.29 is 19.8 Å². The lowest BCUT2D eigenvalue weighted by Gasteiger charge is -2.42. The van der Waals surface area contributed by atoms with E-state index in [1.807, 2.05) is 0 Å². The summed E-state index contributed by atoms with van der Waals surface area (Å²) in [4.78, 5) is 22.2. The van der Waals surface area contributed by atoms with E-state index in [4.69, 9.17) is 9.90 Å². The Kier molecular flexibility index (Phi) is 7.39. The van der Waals surface area contributed by atoms with Crippen molar-refractivity contribution in [1.29, 1.82) is 0 Å². The molecule has 0 aromatic rings. The van der Waals surface area contributed by atoms with Crippen molar-refractivity contribution in [1.82, 2.24) is 10.2 Å². The number of carboxylic acid groups (broad SMARTS) is 1. The van der Waals surface area contributed by atoms with Crippen molar-refractivity contribution in [3.8, 4) is 0 Å². The van der Waals surface area contributed by atoms with E-state index in [-0.39, 0.29) is 23.9 Å². The maximum atomic E-state index is 11.7. The van der Waals surface area contributed by atoms with Gasteiger partial charge in [0.15, 0.2) is 0 Å². The molecule has 6 nitrogen and oxygen atoms in total. The largest absolute Gasteiger partial charge is 0.483 e. The lowest BCUT2D eigenvalue weighted by molar-refractivity contribution is -0.124. The van der Waals surface area contributed by atoms with Crippen LogP contribution in [0.1, 0.15) is 32.1 Å². The van der Waals surface area contributed by atoms with E-state index in [2.05, 4.69) is 16.8 Å². The normalized spacial score (nSPS) is 28.5. The van der Waals surface area contributed by atoms with Gasteiger partial charge in [0.05, 0.1) is 12.6 Å². The maximum Gasteiger partial charge on any atom is 0.290 e. The molecule has 6 heteroatoms. The molecule has 3 N–H and O–H groups in total. The number of carbonyl (C=O) groups excluding carboxylic acids is 1. The Hall–Kier alpha value is -1.40. The molecule has 1 saturated carbocycles. The Balaban J connectivity index is 0.000000677. The van der Waals surface area contributed by atoms with Gasteiger partial charge in [0.25, 0.3) is 6.47 Å². The molecular weight excluding hydrogens is 272 g/mol. The number of likely N-dealkylation sites (tertiary alicyclic amines) is 1. The van der Waals surface area contributed by atoms with Crippen molar-refractivity contribution >= 4 is 12.4 Å². The molecule has 0 aromatic carbocycles. The van der Waals surface area contributed by atoms with Gasteiger partial charge < -0.3 is 15.5 Å². The molecule has 120 valence electrons. The summed E-state index contributed by atoms with van der Waals surface area (Å²) in [6.45, 7) is 6.15. The molecule has 0 unspecified atom stereocenters. The van der Waals surface area contributed by atoms with Crippen LogP contribution >= 0.6 is 0 Å². The van der Waals surface area contributed by atoms with Gasteiger partial charge >= 0.3 is 0 Å². The topological polar surface area (TPSA) is 89.9 Å². The standard InChI is InChI=1S/C14H24N2O2.CH2O2/c1-2-8-15-13(18)10-16-9-4-7-14(11-16)6-3-5-12(14)17;2-1-3/h2,12,17H,1,3-11H2,(H,15,18);1H,(H,2,3)/t12-,14+;/m1./s1. The predicted octanol–water partition coefficient (Wildman–Crippen LogP) is 0.616. The molecular formula is C15H26N2O4. The van der Waals surface area contributed by atoms with Crippen LogP contribution in [-0.2, 0) is 9.59 Å². The zero-order valence-electron chi connectivity index (χ0n) is 12.5. The third-order valence-corrected chi connectivity index (χ3v) is 4.36. The smallest absolute Gasteiger partial charge is 0.290 e. The molecule has 2 fully saturated rings. The lowest BCUT2D eigenvalue weighted by Crippen LogP contribution is -2.50. The molecule has 2 atom stereocenters. The van der Waals surface area contributed by atoms with E-state index in [1.54, 1.807) is 6.08 Å². The van der Waals surface area contributed by atoms with Gasteiger partial charge in [-0.2, -0.15) is 0 Å². The third-order valence-electron chi connectivity index (χ3n) is 4.36. The molecule has 0 radical (unpaired) electrons. The van der Waals surface area contributed by atoms with E-state index >= 15 is 0 Å². The summed E-state index contributed by atoms with van der Waals surface area (Å²) in [5.74, 6) is 0.0550. The number of piperidine rings is 1. The molecule has 1 amide bonds. The Morgan fingerprint density at radius 3 is 2.67 bits per heavy atom. The second-order valence-electron chi connectivity index (χ2n) is 5.78. The first-order chi connectivity index (χ1) is 10.1. The van der Waals surface area contributed by atoms with Crippen molar-refractivity contribution in [2.24, 2.45) is 5.41 Å². The van der Waals surface area contributed by atoms with E-state index in [9.17, 15) is 9.90 Å². The van der Waals surface area contributed by atoms with Crippen LogP contribution in [-0.4, -0.2) is 59.8 Å². The summed E-state index contributed by atoms with van der Waals surface area (Å²) in [7, 11) is 0. The summed E-state index contributed by atoms with van der Waals surface area (Å²) < 4.78 is 0. The summed E-state index contributed by atoms with van der Waals surface area (Å²) >= 11 is 0. The minimum atomic E-state index is -0.250. The van der Waals surface area contributed by atoms with E-state index in [0.717, 1.165) is 45.2 Å². The summed E-state index contributed by atoms with van der Waals surface area (Å²) in [5.41, 5.74) is 0.0664. The second kappa shape index (κ2) is 8.79. The monoisotopic (exact) mass is 298 g/mol. The number of nitrogens with one attached hydrogen (secondary N) is 1. The predicted molar refractivity (Wildman–Crippen MR) is 79.9 cm³/mol. The second-order valence-corrected chi connectivity index (χ2v) is 5.78. The Bertz CT molecular complexity index is 362. The van der Waals surface area contributed by atoms with Crippen molar-refractivity contribution in [3.05, 3.63) is 12.7 Å². The molecule has 21 heavy (non-hydrogen) atoms. The minimum Gasteiger partial charge on any atom is -0.483 e. The highest BCUT2D eigenvalue weighted by molar-refractivity contribution is 5.78. The quantitative estimate of drug-likeness (QED) is 0.523. The van der Waals surface area contributed by atoms with Crippen molar-refractivity contribution in [2.45, 2.75) is 38.2 Å². The maximum absolute atomic E-state index is 11.7. The molecule has 1 saturated heterocycles. The van der Waals surface area contributed by atoms with Crippen LogP contribution in [0, 0.1) is 5.41 Å². The fourth-order valence-electron chi connectivity index (χ4n) is 3.43. The van der Waals surface area contributed by atoms with Gasteiger partial charge in [-0.3, -0.25) is 14.5 Å². The van der Waals surface area contributed by atoms with Crippen LogP contribution in [0.4, 0.5) is 0 Å². The van der Waals surface area contributed by atoms with E-state index < -0.39 is 0 Å². The molecule has 1 heterocycles. The Morgan fingerprint density at radius 2 is 2.10 bits per heavy atom. The summed E-state index contributed by atoms with van der Waals surface area (Å²) in [6.07, 6.45) is 6.88. The van der Waals surface area contributed by atoms with Crippen LogP contribution in [0.5, 0.6) is 0 Å². The number of aliphatic hydroxyl groups is 1. The highest BCUT2D eigenvalue weighted by Gasteiger charge is 2.44. The number of hydrogen-bond acceptors (Lipinski definition) is 4. The highest BCUT2D eigenvalue weighted by atomic mass is 16.3. The van der Waals surface area contributed by atoms with Gasteiger partial charge in [0, 0.05) is 18.5 Å². The van der Waals surface area contributed by atoms with E-state index in [0.29, 0.717) is 13.1 Å². The molecule has 0 aromatic heterocycles. The van der Waals surface area contributed by atoms with Gasteiger partial charge in [-0.15, -0.1) is 6.58 Å². The first kappa shape index (κ1) is 17.7. The van der Waals surface area contributed by atoms with Crippen LogP contribution in [0.15, 0.2) is 12.7 Å². The average molecular weight is 298 g/mol. The number of nitrogens with zero attached hydrogens (tertiary/aromatic N) is 1. The zero-order chi connectivity index (χ0) is 15.7. The number of hydrogen-bond donors (Lipinski definition) is 3. The van der Waals surface area contributed by atoms with Crippen LogP contribution < -0.4 is 5.32 Å². The van der Waals surface area contributed by atoms with E-state index in [1.165, 1.54) is 0 Å². The SMILES string of the molecule is C=CCNC(=O)CN1CCC[C@@]2(CCC[C@H]2O)C1.O=CO. The lowest BCUT2D eigenvalue weighted by atomic mass is 9.77. The molecule has 2 aliphatic rings. The fourth-order valence-corrected chi connectivity index (χ4v) is 3.43. The first-order valence-electron chi connectivity index (χ1n) is 7.44. The van der Waals surface area contributed by atoms with Gasteiger partial charge in [-0.1, -0.05) is 12.5 Å². The van der Waals surface area contributed by atoms with Gasteiger partial charge in [-0.05, 0) is 32.2 Å². The fraction of sp³-hybridized carbons (Fsp3) is 0.733. The van der Waals surface area contributed by atoms with Crippen molar-refractivity contribution in [3.63, 3.8) is 0 Å². The molecule has 2 rings (SSSR count). The number of rotatable bonds is 4. The summed E-state index contributed by atoms with van der Waals surface area (Å²) in [6, 6.07) is 0. The van der Waals surface area contributed by atoms with Gasteiger partial charge in [0.1, 0.15) is 0 Å². The molecule has 0 bridgehead atoms. The van der Waals surface area contributed by atoms with Crippen LogP contribution in [0.2, 0.25) is 0 Å². The number of carbonyl (C=O) groups is 2. The third kappa shape index (κ3) is 5.13. The highest BCUT2D eigenvalue weighted by Crippen LogP contribution is 2.44. The Morgan fingerprint density at radius 1 is 1.43 bits per heavy atom.